The normalized spacial score (nSPS) is 19.6. The molecule has 2 aliphatic heterocycles. The third kappa shape index (κ3) is 6.00. The van der Waals surface area contributed by atoms with Gasteiger partial charge in [-0.05, 0) is 61.9 Å². The summed E-state index contributed by atoms with van der Waals surface area (Å²) in [7, 11) is 0. The van der Waals surface area contributed by atoms with E-state index in [0.717, 1.165) is 80.7 Å². The van der Waals surface area contributed by atoms with Crippen LogP contribution in [0.25, 0.3) is 11.1 Å². The lowest BCUT2D eigenvalue weighted by molar-refractivity contribution is 0.0724. The largest absolute Gasteiger partial charge is 0.354 e. The van der Waals surface area contributed by atoms with E-state index in [1.807, 2.05) is 35.4 Å². The van der Waals surface area contributed by atoms with Gasteiger partial charge in [0.15, 0.2) is 0 Å². The molecule has 1 aromatic carbocycles. The lowest BCUT2D eigenvalue weighted by Crippen LogP contribution is -2.49. The maximum atomic E-state index is 12.7. The number of halogens is 2. The SMILES string of the molecule is Cl.Cl.O=C(c1ccc(-c2ccc(N3CCN(C4CCCC4)CC3)nc2)cc1)N1CCCCC1. The first kappa shape index (κ1) is 25.8. The second kappa shape index (κ2) is 12.0. The molecule has 2 saturated heterocycles. The molecule has 180 valence electrons. The lowest BCUT2D eigenvalue weighted by Gasteiger charge is -2.38. The highest BCUT2D eigenvalue weighted by Crippen LogP contribution is 2.26. The topological polar surface area (TPSA) is 39.7 Å². The number of likely N-dealkylation sites (tertiary alicyclic amines) is 1. The van der Waals surface area contributed by atoms with Gasteiger partial charge in [-0.15, -0.1) is 24.8 Å². The van der Waals surface area contributed by atoms with E-state index in [2.05, 4.69) is 21.9 Å². The summed E-state index contributed by atoms with van der Waals surface area (Å²) in [5.41, 5.74) is 3.00. The number of piperidine rings is 1. The molecule has 0 bridgehead atoms. The van der Waals surface area contributed by atoms with Crippen molar-refractivity contribution in [3.63, 3.8) is 0 Å². The van der Waals surface area contributed by atoms with Crippen LogP contribution in [0.2, 0.25) is 0 Å². The fourth-order valence-electron chi connectivity index (χ4n) is 5.41. The van der Waals surface area contributed by atoms with Gasteiger partial charge in [-0.2, -0.15) is 0 Å². The first-order chi connectivity index (χ1) is 15.3. The number of pyridine rings is 1. The summed E-state index contributed by atoms with van der Waals surface area (Å²) < 4.78 is 0. The summed E-state index contributed by atoms with van der Waals surface area (Å²) in [4.78, 5) is 24.5. The lowest BCUT2D eigenvalue weighted by atomic mass is 10.0. The molecule has 7 heteroatoms. The minimum Gasteiger partial charge on any atom is -0.354 e. The minimum atomic E-state index is 0. The molecule has 1 aromatic heterocycles. The molecule has 0 spiro atoms. The van der Waals surface area contributed by atoms with E-state index in [1.165, 1.54) is 32.1 Å². The molecule has 3 aliphatic rings. The molecule has 5 rings (SSSR count). The molecule has 0 radical (unpaired) electrons. The standard InChI is InChI=1S/C26H34N4O.2ClH/c31-26(30-14-4-1-5-15-30)22-10-8-21(9-11-22)23-12-13-25(27-20-23)29-18-16-28(17-19-29)24-6-2-3-7-24;;/h8-13,20,24H,1-7,14-19H2;2*1H. The van der Waals surface area contributed by atoms with Crippen LogP contribution in [0.1, 0.15) is 55.3 Å². The van der Waals surface area contributed by atoms with E-state index >= 15 is 0 Å². The van der Waals surface area contributed by atoms with Gasteiger partial charge < -0.3 is 9.80 Å². The van der Waals surface area contributed by atoms with Crippen LogP contribution in [0.4, 0.5) is 5.82 Å². The molecule has 1 aliphatic carbocycles. The third-order valence-electron chi connectivity index (χ3n) is 7.34. The monoisotopic (exact) mass is 490 g/mol. The molecule has 1 saturated carbocycles. The number of anilines is 1. The molecule has 33 heavy (non-hydrogen) atoms. The molecule has 5 nitrogen and oxygen atoms in total. The van der Waals surface area contributed by atoms with Crippen molar-refractivity contribution >= 4 is 36.5 Å². The predicted molar refractivity (Wildman–Crippen MR) is 140 cm³/mol. The fourth-order valence-corrected chi connectivity index (χ4v) is 5.41. The molecule has 0 N–H and O–H groups in total. The number of amides is 1. The van der Waals surface area contributed by atoms with Crippen molar-refractivity contribution in [1.29, 1.82) is 0 Å². The van der Waals surface area contributed by atoms with Gasteiger partial charge in [0, 0.05) is 62.6 Å². The Hall–Kier alpha value is -1.82. The summed E-state index contributed by atoms with van der Waals surface area (Å²) in [6.45, 7) is 6.22. The van der Waals surface area contributed by atoms with E-state index < -0.39 is 0 Å². The van der Waals surface area contributed by atoms with Crippen LogP contribution in [0, 0.1) is 0 Å². The first-order valence-electron chi connectivity index (χ1n) is 12.1. The van der Waals surface area contributed by atoms with Gasteiger partial charge in [-0.3, -0.25) is 9.69 Å². The van der Waals surface area contributed by atoms with E-state index in [1.54, 1.807) is 0 Å². The van der Waals surface area contributed by atoms with Gasteiger partial charge >= 0.3 is 0 Å². The number of hydrogen-bond donors (Lipinski definition) is 0. The minimum absolute atomic E-state index is 0. The second-order valence-corrected chi connectivity index (χ2v) is 9.30. The highest BCUT2D eigenvalue weighted by molar-refractivity contribution is 5.94. The predicted octanol–water partition coefficient (Wildman–Crippen LogP) is 5.28. The number of aromatic nitrogens is 1. The van der Waals surface area contributed by atoms with Crippen molar-refractivity contribution in [2.45, 2.75) is 51.0 Å². The van der Waals surface area contributed by atoms with Crippen LogP contribution < -0.4 is 4.90 Å². The van der Waals surface area contributed by atoms with Crippen LogP contribution in [-0.4, -0.2) is 66.0 Å². The number of rotatable bonds is 4. The Balaban J connectivity index is 0.00000153. The number of carbonyl (C=O) groups excluding carboxylic acids is 1. The summed E-state index contributed by atoms with van der Waals surface area (Å²) in [6, 6.07) is 13.1. The van der Waals surface area contributed by atoms with Gasteiger partial charge in [-0.1, -0.05) is 25.0 Å². The third-order valence-corrected chi connectivity index (χ3v) is 7.34. The molecule has 0 unspecified atom stereocenters. The zero-order valence-electron chi connectivity index (χ0n) is 19.3. The zero-order valence-corrected chi connectivity index (χ0v) is 21.0. The first-order valence-corrected chi connectivity index (χ1v) is 12.1. The van der Waals surface area contributed by atoms with Crippen molar-refractivity contribution in [3.8, 4) is 11.1 Å². The highest BCUT2D eigenvalue weighted by Gasteiger charge is 2.26. The number of benzene rings is 1. The van der Waals surface area contributed by atoms with Crippen LogP contribution in [0.5, 0.6) is 0 Å². The Morgan fingerprint density at radius 3 is 1.97 bits per heavy atom. The van der Waals surface area contributed by atoms with Gasteiger partial charge in [0.25, 0.3) is 5.91 Å². The van der Waals surface area contributed by atoms with Crippen molar-refractivity contribution in [2.75, 3.05) is 44.2 Å². The Morgan fingerprint density at radius 2 is 1.36 bits per heavy atom. The summed E-state index contributed by atoms with van der Waals surface area (Å²) in [6.07, 6.45) is 11.0. The van der Waals surface area contributed by atoms with Gasteiger partial charge in [0.1, 0.15) is 5.82 Å². The molecule has 3 fully saturated rings. The second-order valence-electron chi connectivity index (χ2n) is 9.30. The fraction of sp³-hybridized carbons (Fsp3) is 0.538. The number of carbonyl (C=O) groups is 1. The van der Waals surface area contributed by atoms with E-state index in [0.29, 0.717) is 0 Å². The molecule has 1 amide bonds. The molecular formula is C26H36Cl2N4O. The molecule has 2 aromatic rings. The summed E-state index contributed by atoms with van der Waals surface area (Å²) >= 11 is 0. The number of hydrogen-bond acceptors (Lipinski definition) is 4. The van der Waals surface area contributed by atoms with Crippen LogP contribution >= 0.6 is 24.8 Å². The molecule has 3 heterocycles. The number of piperazine rings is 1. The van der Waals surface area contributed by atoms with Crippen molar-refractivity contribution in [1.82, 2.24) is 14.8 Å². The summed E-state index contributed by atoms with van der Waals surface area (Å²) in [5, 5.41) is 0. The number of nitrogens with zero attached hydrogens (tertiary/aromatic N) is 4. The van der Waals surface area contributed by atoms with Crippen molar-refractivity contribution in [3.05, 3.63) is 48.2 Å². The quantitative estimate of drug-likeness (QED) is 0.583. The smallest absolute Gasteiger partial charge is 0.253 e. The Kier molecular flexibility index (Phi) is 9.42. The van der Waals surface area contributed by atoms with Crippen LogP contribution in [-0.2, 0) is 0 Å². The highest BCUT2D eigenvalue weighted by atomic mass is 35.5. The molecular weight excluding hydrogens is 455 g/mol. The maximum absolute atomic E-state index is 12.7. The van der Waals surface area contributed by atoms with E-state index in [9.17, 15) is 4.79 Å². The average Bonchev–Trinajstić information content (AvgIpc) is 3.40. The van der Waals surface area contributed by atoms with Gasteiger partial charge in [-0.25, -0.2) is 4.98 Å². The van der Waals surface area contributed by atoms with Crippen LogP contribution in [0.15, 0.2) is 42.6 Å². The Labute approximate surface area is 210 Å². The van der Waals surface area contributed by atoms with E-state index in [4.69, 9.17) is 4.98 Å². The van der Waals surface area contributed by atoms with Gasteiger partial charge in [0.2, 0.25) is 0 Å². The Morgan fingerprint density at radius 1 is 0.727 bits per heavy atom. The molecule has 0 atom stereocenters. The van der Waals surface area contributed by atoms with Crippen molar-refractivity contribution in [2.24, 2.45) is 0 Å². The van der Waals surface area contributed by atoms with Crippen molar-refractivity contribution < 1.29 is 4.79 Å². The Bertz CT molecular complexity index is 870. The maximum Gasteiger partial charge on any atom is 0.253 e. The van der Waals surface area contributed by atoms with E-state index in [-0.39, 0.29) is 30.7 Å². The van der Waals surface area contributed by atoms with Crippen LogP contribution in [0.3, 0.4) is 0 Å². The van der Waals surface area contributed by atoms with Gasteiger partial charge in [0.05, 0.1) is 0 Å². The zero-order chi connectivity index (χ0) is 21.0. The average molecular weight is 492 g/mol. The summed E-state index contributed by atoms with van der Waals surface area (Å²) in [5.74, 6) is 1.24.